The van der Waals surface area contributed by atoms with Gasteiger partial charge in [0.05, 0.1) is 22.5 Å². The molecule has 0 spiro atoms. The molecule has 1 aliphatic carbocycles. The number of anilines is 1. The number of hydrogen-bond acceptors (Lipinski definition) is 8. The fourth-order valence-corrected chi connectivity index (χ4v) is 14.4. The van der Waals surface area contributed by atoms with Crippen LogP contribution in [0.3, 0.4) is 0 Å². The van der Waals surface area contributed by atoms with Gasteiger partial charge in [-0.1, -0.05) is 53.5 Å². The van der Waals surface area contributed by atoms with Crippen molar-refractivity contribution in [3.05, 3.63) is 47.7 Å². The van der Waals surface area contributed by atoms with Crippen molar-refractivity contribution in [2.24, 2.45) is 0 Å². The van der Waals surface area contributed by atoms with Crippen molar-refractivity contribution in [2.75, 3.05) is 45.5 Å². The number of ether oxygens (including phenoxy) is 3. The molecule has 55 heavy (non-hydrogen) atoms. The van der Waals surface area contributed by atoms with E-state index in [2.05, 4.69) is 68.0 Å². The molecule has 2 aromatic heterocycles. The Morgan fingerprint density at radius 1 is 1.07 bits per heavy atom. The fraction of sp³-hybridized carbons (Fsp3) is 0.548. The molecule has 13 heteroatoms. The molecular formula is C42H51F4N5O3Si. The minimum Gasteiger partial charge on any atom is -0.468 e. The summed E-state index contributed by atoms with van der Waals surface area (Å²) in [5.74, 6) is 1.71. The first-order chi connectivity index (χ1) is 27.4. The van der Waals surface area contributed by atoms with Gasteiger partial charge in [-0.2, -0.15) is 9.97 Å². The molecule has 4 heterocycles. The van der Waals surface area contributed by atoms with Crippen LogP contribution in [-0.4, -0.2) is 92.4 Å². The number of fused-ring (bicyclic) bond motifs is 3. The van der Waals surface area contributed by atoms with E-state index < -0.39 is 50.6 Å². The van der Waals surface area contributed by atoms with Crippen molar-refractivity contribution in [3.63, 3.8) is 0 Å². The second-order valence-corrected chi connectivity index (χ2v) is 21.8. The number of halogens is 4. The molecule has 2 aromatic carbocycles. The number of benzene rings is 2. The Hall–Kier alpha value is -3.99. The molecule has 1 saturated carbocycles. The third-order valence-corrected chi connectivity index (χ3v) is 18.3. The van der Waals surface area contributed by atoms with Crippen molar-refractivity contribution in [1.29, 1.82) is 0 Å². The highest BCUT2D eigenvalue weighted by Gasteiger charge is 2.49. The van der Waals surface area contributed by atoms with Gasteiger partial charge in [-0.25, -0.2) is 17.6 Å². The molecule has 294 valence electrons. The highest BCUT2D eigenvalue weighted by molar-refractivity contribution is 6.90. The lowest BCUT2D eigenvalue weighted by Crippen LogP contribution is -2.43. The van der Waals surface area contributed by atoms with E-state index in [1.165, 1.54) is 25.4 Å². The highest BCUT2D eigenvalue weighted by atomic mass is 28.3. The van der Waals surface area contributed by atoms with E-state index in [0.29, 0.717) is 29.5 Å². The number of methoxy groups -OCH3 is 1. The summed E-state index contributed by atoms with van der Waals surface area (Å²) in [5, 5.41) is 0.726. The van der Waals surface area contributed by atoms with Crippen LogP contribution in [0.2, 0.25) is 16.6 Å². The van der Waals surface area contributed by atoms with E-state index in [0.717, 1.165) is 11.3 Å². The van der Waals surface area contributed by atoms with Gasteiger partial charge in [0, 0.05) is 54.7 Å². The van der Waals surface area contributed by atoms with Crippen LogP contribution < -0.4 is 14.4 Å². The lowest BCUT2D eigenvalue weighted by atomic mass is 9.95. The molecule has 3 aliphatic rings. The number of pyridine rings is 1. The summed E-state index contributed by atoms with van der Waals surface area (Å²) >= 11 is 0. The summed E-state index contributed by atoms with van der Waals surface area (Å²) in [7, 11) is -0.901. The van der Waals surface area contributed by atoms with E-state index in [9.17, 15) is 8.78 Å². The number of rotatable bonds is 12. The minimum absolute atomic E-state index is 0.0143. The molecule has 3 fully saturated rings. The average molecular weight is 781 g/mol. The van der Waals surface area contributed by atoms with Crippen LogP contribution in [0.25, 0.3) is 32.9 Å². The Morgan fingerprint density at radius 3 is 2.49 bits per heavy atom. The first kappa shape index (κ1) is 35.4. The van der Waals surface area contributed by atoms with E-state index >= 15 is 8.78 Å². The maximum atomic E-state index is 17.5. The Kier molecular flexibility index (Phi) is 9.76. The van der Waals surface area contributed by atoms with E-state index in [1.807, 2.05) is 4.90 Å². The van der Waals surface area contributed by atoms with Gasteiger partial charge in [0.2, 0.25) is 0 Å². The number of nitrogens with zero attached hydrogens (tertiary/aromatic N) is 5. The van der Waals surface area contributed by atoms with Crippen LogP contribution in [0.15, 0.2) is 30.5 Å². The number of alkyl halides is 2. The van der Waals surface area contributed by atoms with Crippen LogP contribution in [-0.2, 0) is 4.74 Å². The molecule has 0 N–H and O–H groups in total. The summed E-state index contributed by atoms with van der Waals surface area (Å²) in [6, 6.07) is 4.73. The third kappa shape index (κ3) is 7.03. The molecule has 4 atom stereocenters. The molecule has 0 bridgehead atoms. The summed E-state index contributed by atoms with van der Waals surface area (Å²) < 4.78 is 105. The molecule has 0 unspecified atom stereocenters. The standard InChI is InChI=1S/C42H51F4N5O3Si/c1-24(2)55(25(3)4,26(5)6)15-12-30-33(44)11-10-27-16-29(54-23-52-8)17-31(36(27)30)38-37(46)39-32(20-47-38)40(50(7)35-18-34(35)45)49-41(48-39)53-22-42-13-9-14-51(42)21-28(43)19-42/h10-11,16-17,20,24-26,28,34-35H,9,13-14,18-19,21-23H2,1-8H3/t28-,34+,35+,42+/m1/s1/i7D3. The smallest absolute Gasteiger partial charge is 0.319 e. The first-order valence-corrected chi connectivity index (χ1v) is 21.4. The van der Waals surface area contributed by atoms with Gasteiger partial charge >= 0.3 is 6.01 Å². The topological polar surface area (TPSA) is 72.8 Å². The molecule has 7 rings (SSSR count). The largest absolute Gasteiger partial charge is 0.468 e. The second kappa shape index (κ2) is 15.2. The Bertz CT molecular complexity index is 2250. The van der Waals surface area contributed by atoms with Crippen molar-refractivity contribution in [1.82, 2.24) is 19.9 Å². The quantitative estimate of drug-likeness (QED) is 0.0611. The maximum absolute atomic E-state index is 17.5. The van der Waals surface area contributed by atoms with Gasteiger partial charge in [0.1, 0.15) is 55.6 Å². The van der Waals surface area contributed by atoms with Gasteiger partial charge in [0.15, 0.2) is 12.6 Å². The zero-order valence-electron chi connectivity index (χ0n) is 35.5. The summed E-state index contributed by atoms with van der Waals surface area (Å²) in [5.41, 5.74) is 3.43. The summed E-state index contributed by atoms with van der Waals surface area (Å²) in [6.45, 7) is 10.9. The Labute approximate surface area is 326 Å². The molecule has 0 amide bonds. The van der Waals surface area contributed by atoms with Crippen LogP contribution in [0.5, 0.6) is 11.8 Å². The average Bonchev–Trinajstić information content (AvgIpc) is 3.58. The molecule has 2 saturated heterocycles. The minimum atomic E-state index is -2.87. The molecule has 8 nitrogen and oxygen atoms in total. The SMILES string of the molecule is [2H]C([2H])([2H])N(c1nc(OC[C@@]23CCCN2C[C@H](F)C3)nc2c(F)c(-c3cc(OCOC)cc4ccc(F)c(C#C[Si](C(C)C)(C(C)C)C(C)C)c34)ncc12)[C@H]1C[C@@H]1F. The normalized spacial score (nSPS) is 23.5. The van der Waals surface area contributed by atoms with Crippen LogP contribution in [0, 0.1) is 23.1 Å². The van der Waals surface area contributed by atoms with Crippen molar-refractivity contribution < 1.29 is 35.9 Å². The second-order valence-electron chi connectivity index (χ2n) is 16.3. The predicted octanol–water partition coefficient (Wildman–Crippen LogP) is 9.18. The van der Waals surface area contributed by atoms with Crippen LogP contribution in [0.1, 0.15) is 76.9 Å². The van der Waals surface area contributed by atoms with Crippen molar-refractivity contribution in [3.8, 4) is 34.5 Å². The zero-order valence-corrected chi connectivity index (χ0v) is 33.5. The predicted molar refractivity (Wildman–Crippen MR) is 211 cm³/mol. The number of hydrogen-bond donors (Lipinski definition) is 0. The van der Waals surface area contributed by atoms with Crippen LogP contribution >= 0.6 is 0 Å². The zero-order chi connectivity index (χ0) is 41.9. The molecular weight excluding hydrogens is 727 g/mol. The first-order valence-electron chi connectivity index (χ1n) is 20.6. The Balaban J connectivity index is 1.46. The monoisotopic (exact) mass is 780 g/mol. The van der Waals surface area contributed by atoms with Gasteiger partial charge in [0.25, 0.3) is 0 Å². The fourth-order valence-electron chi connectivity index (χ4n) is 9.22. The van der Waals surface area contributed by atoms with E-state index in [-0.39, 0.29) is 89.0 Å². The summed E-state index contributed by atoms with van der Waals surface area (Å²) in [6.07, 6.45) is 0.466. The van der Waals surface area contributed by atoms with Gasteiger partial charge in [-0.3, -0.25) is 9.88 Å². The summed E-state index contributed by atoms with van der Waals surface area (Å²) in [4.78, 5) is 16.4. The van der Waals surface area contributed by atoms with Crippen LogP contribution in [0.4, 0.5) is 23.4 Å². The van der Waals surface area contributed by atoms with Crippen molar-refractivity contribution in [2.45, 2.75) is 108 Å². The van der Waals surface area contributed by atoms with Crippen molar-refractivity contribution >= 4 is 35.6 Å². The number of aromatic nitrogens is 3. The molecule has 4 aromatic rings. The van der Waals surface area contributed by atoms with Gasteiger partial charge in [-0.15, -0.1) is 5.54 Å². The lowest BCUT2D eigenvalue weighted by Gasteiger charge is -2.38. The van der Waals surface area contributed by atoms with Gasteiger partial charge in [-0.05, 0) is 59.6 Å². The molecule has 0 radical (unpaired) electrons. The van der Waals surface area contributed by atoms with Gasteiger partial charge < -0.3 is 19.1 Å². The van der Waals surface area contributed by atoms with E-state index in [1.54, 1.807) is 12.1 Å². The Morgan fingerprint density at radius 2 is 1.82 bits per heavy atom. The van der Waals surface area contributed by atoms with E-state index in [4.69, 9.17) is 18.3 Å². The maximum Gasteiger partial charge on any atom is 0.319 e. The molecule has 2 aliphatic heterocycles. The third-order valence-electron chi connectivity index (χ3n) is 12.0. The lowest BCUT2D eigenvalue weighted by molar-refractivity contribution is 0.0512. The highest BCUT2D eigenvalue weighted by Crippen LogP contribution is 2.44.